The molecule has 1 atom stereocenters. The van der Waals surface area contributed by atoms with Gasteiger partial charge in [0.25, 0.3) is 0 Å². The minimum atomic E-state index is -0.489. The molecule has 1 saturated heterocycles. The minimum absolute atomic E-state index is 0.0915. The Bertz CT molecular complexity index is 715. The second kappa shape index (κ2) is 6.52. The minimum Gasteiger partial charge on any atom is -0.340 e. The molecule has 0 bridgehead atoms. The summed E-state index contributed by atoms with van der Waals surface area (Å²) in [4.78, 5) is 25.3. The Balaban J connectivity index is 1.78. The molecule has 1 aliphatic heterocycles. The number of hydrogen-bond donors (Lipinski definition) is 2. The van der Waals surface area contributed by atoms with Crippen LogP contribution in [-0.4, -0.2) is 36.5 Å². The Hall–Kier alpha value is -2.82. The first-order chi connectivity index (χ1) is 11.1. The summed E-state index contributed by atoms with van der Waals surface area (Å²) < 4.78 is 0. The molecular weight excluding hydrogens is 290 g/mol. The van der Waals surface area contributed by atoms with E-state index in [-0.39, 0.29) is 11.9 Å². The molecule has 1 unspecified atom stereocenters. The third kappa shape index (κ3) is 3.34. The van der Waals surface area contributed by atoms with E-state index in [4.69, 9.17) is 0 Å². The van der Waals surface area contributed by atoms with Crippen LogP contribution >= 0.6 is 0 Å². The Morgan fingerprint density at radius 3 is 2.52 bits per heavy atom. The lowest BCUT2D eigenvalue weighted by molar-refractivity contribution is -0.131. The van der Waals surface area contributed by atoms with Gasteiger partial charge in [0.15, 0.2) is 0 Å². The number of hydrogen-bond acceptors (Lipinski definition) is 2. The molecule has 1 heterocycles. The van der Waals surface area contributed by atoms with E-state index in [2.05, 4.69) is 28.8 Å². The number of urea groups is 1. The van der Waals surface area contributed by atoms with Crippen LogP contribution in [0.2, 0.25) is 0 Å². The Kier molecular flexibility index (Phi) is 4.28. The Labute approximate surface area is 135 Å². The summed E-state index contributed by atoms with van der Waals surface area (Å²) in [6.45, 7) is 0.832. The van der Waals surface area contributed by atoms with E-state index >= 15 is 0 Å². The van der Waals surface area contributed by atoms with Crippen LogP contribution in [0.15, 0.2) is 54.6 Å². The van der Waals surface area contributed by atoms with Crippen LogP contribution < -0.4 is 10.6 Å². The number of nitrogens with one attached hydrogen (secondary N) is 2. The molecule has 118 valence electrons. The molecular formula is C18H19N3O2. The van der Waals surface area contributed by atoms with E-state index in [9.17, 15) is 9.59 Å². The highest BCUT2D eigenvalue weighted by molar-refractivity contribution is 5.90. The Morgan fingerprint density at radius 1 is 1.13 bits per heavy atom. The average molecular weight is 309 g/mol. The average Bonchev–Trinajstić information content (AvgIpc) is 3.02. The van der Waals surface area contributed by atoms with Crippen molar-refractivity contribution < 1.29 is 9.59 Å². The van der Waals surface area contributed by atoms with Gasteiger partial charge >= 0.3 is 6.03 Å². The lowest BCUT2D eigenvalue weighted by atomic mass is 9.99. The fourth-order valence-electron chi connectivity index (χ4n) is 2.76. The molecule has 0 saturated carbocycles. The number of benzene rings is 2. The maximum absolute atomic E-state index is 12.4. The highest BCUT2D eigenvalue weighted by Gasteiger charge is 2.29. The zero-order chi connectivity index (χ0) is 16.2. The van der Waals surface area contributed by atoms with Gasteiger partial charge in [-0.05, 0) is 16.7 Å². The van der Waals surface area contributed by atoms with E-state index in [1.54, 1.807) is 11.9 Å². The summed E-state index contributed by atoms with van der Waals surface area (Å²) in [5.41, 5.74) is 3.31. The highest BCUT2D eigenvalue weighted by atomic mass is 16.2. The SMILES string of the molecule is CN(Cc1ccccc1-c1ccccc1)C(=O)C1CNC(=O)N1. The topological polar surface area (TPSA) is 61.4 Å². The van der Waals surface area contributed by atoms with E-state index in [1.807, 2.05) is 36.4 Å². The number of carbonyl (C=O) groups excluding carboxylic acids is 2. The summed E-state index contributed by atoms with van der Waals surface area (Å²) in [6, 6.07) is 17.4. The molecule has 2 aromatic carbocycles. The fourth-order valence-corrected chi connectivity index (χ4v) is 2.76. The molecule has 5 heteroatoms. The molecule has 0 radical (unpaired) electrons. The van der Waals surface area contributed by atoms with Crippen LogP contribution in [0.1, 0.15) is 5.56 Å². The predicted molar refractivity (Wildman–Crippen MR) is 88.7 cm³/mol. The van der Waals surface area contributed by atoms with Crippen molar-refractivity contribution >= 4 is 11.9 Å². The van der Waals surface area contributed by atoms with Crippen molar-refractivity contribution in [2.75, 3.05) is 13.6 Å². The number of rotatable bonds is 4. The van der Waals surface area contributed by atoms with Crippen LogP contribution in [0.3, 0.4) is 0 Å². The smallest absolute Gasteiger partial charge is 0.315 e. The normalized spacial score (nSPS) is 16.6. The van der Waals surface area contributed by atoms with Crippen LogP contribution in [0.25, 0.3) is 11.1 Å². The van der Waals surface area contributed by atoms with Crippen molar-refractivity contribution in [1.82, 2.24) is 15.5 Å². The van der Waals surface area contributed by atoms with Gasteiger partial charge in [-0.25, -0.2) is 4.79 Å². The predicted octanol–water partition coefficient (Wildman–Crippen LogP) is 1.99. The van der Waals surface area contributed by atoms with Gasteiger partial charge in [-0.3, -0.25) is 4.79 Å². The number of likely N-dealkylation sites (N-methyl/N-ethyl adjacent to an activating group) is 1. The van der Waals surface area contributed by atoms with Crippen molar-refractivity contribution in [3.63, 3.8) is 0 Å². The van der Waals surface area contributed by atoms with Gasteiger partial charge in [-0.15, -0.1) is 0 Å². The van der Waals surface area contributed by atoms with Gasteiger partial charge in [0, 0.05) is 20.1 Å². The number of nitrogens with zero attached hydrogens (tertiary/aromatic N) is 1. The molecule has 23 heavy (non-hydrogen) atoms. The van der Waals surface area contributed by atoms with Crippen molar-refractivity contribution in [3.05, 3.63) is 60.2 Å². The molecule has 0 aliphatic carbocycles. The molecule has 3 rings (SSSR count). The highest BCUT2D eigenvalue weighted by Crippen LogP contribution is 2.24. The molecule has 1 aliphatic rings. The number of carbonyl (C=O) groups is 2. The summed E-state index contributed by atoms with van der Waals surface area (Å²) in [5.74, 6) is -0.0915. The molecule has 0 spiro atoms. The summed E-state index contributed by atoms with van der Waals surface area (Å²) >= 11 is 0. The third-order valence-electron chi connectivity index (χ3n) is 3.96. The fraction of sp³-hybridized carbons (Fsp3) is 0.222. The standard InChI is InChI=1S/C18H19N3O2/c1-21(17(22)16-11-19-18(23)20-16)12-14-9-5-6-10-15(14)13-7-3-2-4-8-13/h2-10,16H,11-12H2,1H3,(H2,19,20,23). The van der Waals surface area contributed by atoms with Crippen molar-refractivity contribution in [2.24, 2.45) is 0 Å². The van der Waals surface area contributed by atoms with Gasteiger partial charge in [-0.1, -0.05) is 54.6 Å². The van der Waals surface area contributed by atoms with E-state index < -0.39 is 6.04 Å². The van der Waals surface area contributed by atoms with E-state index in [0.29, 0.717) is 13.1 Å². The van der Waals surface area contributed by atoms with Gasteiger partial charge in [-0.2, -0.15) is 0 Å². The van der Waals surface area contributed by atoms with E-state index in [1.165, 1.54) is 0 Å². The van der Waals surface area contributed by atoms with Gasteiger partial charge < -0.3 is 15.5 Å². The van der Waals surface area contributed by atoms with Gasteiger partial charge in [0.05, 0.1) is 0 Å². The summed E-state index contributed by atoms with van der Waals surface area (Å²) in [6.07, 6.45) is 0. The monoisotopic (exact) mass is 309 g/mol. The largest absolute Gasteiger partial charge is 0.340 e. The van der Waals surface area contributed by atoms with Crippen LogP contribution in [-0.2, 0) is 11.3 Å². The zero-order valence-electron chi connectivity index (χ0n) is 13.0. The molecule has 3 amide bonds. The first kappa shape index (κ1) is 15.1. The molecule has 2 aromatic rings. The maximum Gasteiger partial charge on any atom is 0.315 e. The van der Waals surface area contributed by atoms with E-state index in [0.717, 1.165) is 16.7 Å². The second-order valence-corrected chi connectivity index (χ2v) is 5.62. The van der Waals surface area contributed by atoms with Gasteiger partial charge in [0.2, 0.25) is 5.91 Å². The van der Waals surface area contributed by atoms with Gasteiger partial charge in [0.1, 0.15) is 6.04 Å². The Morgan fingerprint density at radius 2 is 1.83 bits per heavy atom. The van der Waals surface area contributed by atoms with Crippen molar-refractivity contribution in [3.8, 4) is 11.1 Å². The maximum atomic E-state index is 12.4. The van der Waals surface area contributed by atoms with Crippen LogP contribution in [0.5, 0.6) is 0 Å². The zero-order valence-corrected chi connectivity index (χ0v) is 13.0. The molecule has 2 N–H and O–H groups in total. The molecule has 1 fully saturated rings. The molecule has 0 aromatic heterocycles. The number of amides is 3. The lowest BCUT2D eigenvalue weighted by Gasteiger charge is -2.22. The third-order valence-corrected chi connectivity index (χ3v) is 3.96. The van der Waals surface area contributed by atoms with Crippen molar-refractivity contribution in [1.29, 1.82) is 0 Å². The lowest BCUT2D eigenvalue weighted by Crippen LogP contribution is -2.43. The van der Waals surface area contributed by atoms with Crippen molar-refractivity contribution in [2.45, 2.75) is 12.6 Å². The van der Waals surface area contributed by atoms with Crippen LogP contribution in [0.4, 0.5) is 4.79 Å². The van der Waals surface area contributed by atoms with Crippen LogP contribution in [0, 0.1) is 0 Å². The quantitative estimate of drug-likeness (QED) is 0.907. The molecule has 5 nitrogen and oxygen atoms in total. The summed E-state index contributed by atoms with van der Waals surface area (Å²) in [7, 11) is 1.76. The summed E-state index contributed by atoms with van der Waals surface area (Å²) in [5, 5.41) is 5.23. The second-order valence-electron chi connectivity index (χ2n) is 5.62. The first-order valence-corrected chi connectivity index (χ1v) is 7.58. The first-order valence-electron chi connectivity index (χ1n) is 7.58.